The Morgan fingerprint density at radius 3 is 2.35 bits per heavy atom. The van der Waals surface area contributed by atoms with Crippen LogP contribution in [-0.2, 0) is 6.18 Å². The van der Waals surface area contributed by atoms with E-state index < -0.39 is 11.7 Å². The van der Waals surface area contributed by atoms with Crippen molar-refractivity contribution in [2.45, 2.75) is 13.1 Å². The van der Waals surface area contributed by atoms with Gasteiger partial charge in [0.05, 0.1) is 22.2 Å². The quantitative estimate of drug-likeness (QED) is 0.670. The molecule has 3 nitrogen and oxygen atoms in total. The Morgan fingerprint density at radius 2 is 1.74 bits per heavy atom. The standard InChI is InChI=1S/C16H11F3N2OS/c1-9-2-7-13-12(8-9)14(22)21(15(23)20-13)11-5-3-10(4-6-11)16(17,18)19/h2-8H,1H3,(H,20,23). The average molecular weight is 336 g/mol. The van der Waals surface area contributed by atoms with Crippen molar-refractivity contribution < 1.29 is 13.2 Å². The number of hydrogen-bond acceptors (Lipinski definition) is 2. The fourth-order valence-electron chi connectivity index (χ4n) is 2.36. The second-order valence-electron chi connectivity index (χ2n) is 5.16. The Hall–Kier alpha value is -2.41. The summed E-state index contributed by atoms with van der Waals surface area (Å²) in [7, 11) is 0. The highest BCUT2D eigenvalue weighted by molar-refractivity contribution is 7.71. The van der Waals surface area contributed by atoms with Crippen molar-refractivity contribution in [2.75, 3.05) is 0 Å². The largest absolute Gasteiger partial charge is 0.416 e. The van der Waals surface area contributed by atoms with Crippen LogP contribution in [0.3, 0.4) is 0 Å². The summed E-state index contributed by atoms with van der Waals surface area (Å²) in [6.45, 7) is 1.85. The molecule has 23 heavy (non-hydrogen) atoms. The van der Waals surface area contributed by atoms with E-state index >= 15 is 0 Å². The average Bonchev–Trinajstić information content (AvgIpc) is 2.48. The lowest BCUT2D eigenvalue weighted by molar-refractivity contribution is -0.137. The fraction of sp³-hybridized carbons (Fsp3) is 0.125. The molecule has 0 amide bonds. The summed E-state index contributed by atoms with van der Waals surface area (Å²) in [5, 5.41) is 0.429. The van der Waals surface area contributed by atoms with Gasteiger partial charge in [-0.15, -0.1) is 0 Å². The van der Waals surface area contributed by atoms with Gasteiger partial charge in [0.25, 0.3) is 5.56 Å². The summed E-state index contributed by atoms with van der Waals surface area (Å²) < 4.78 is 39.2. The Bertz CT molecular complexity index is 1000. The molecule has 118 valence electrons. The normalized spacial score (nSPS) is 11.8. The number of aromatic amines is 1. The van der Waals surface area contributed by atoms with Crippen molar-refractivity contribution in [1.29, 1.82) is 0 Å². The number of H-pyrrole nitrogens is 1. The molecular weight excluding hydrogens is 325 g/mol. The van der Waals surface area contributed by atoms with Crippen LogP contribution in [0.2, 0.25) is 0 Å². The lowest BCUT2D eigenvalue weighted by atomic mass is 10.1. The predicted octanol–water partition coefficient (Wildman–Crippen LogP) is 4.38. The molecule has 1 N–H and O–H groups in total. The summed E-state index contributed by atoms with van der Waals surface area (Å²) in [6, 6.07) is 9.62. The molecule has 0 atom stereocenters. The number of rotatable bonds is 1. The lowest BCUT2D eigenvalue weighted by Gasteiger charge is -2.10. The summed E-state index contributed by atoms with van der Waals surface area (Å²) in [5.41, 5.74) is 0.633. The van der Waals surface area contributed by atoms with Crippen LogP contribution in [0.5, 0.6) is 0 Å². The predicted molar refractivity (Wildman–Crippen MR) is 84.5 cm³/mol. The Morgan fingerprint density at radius 1 is 1.09 bits per heavy atom. The SMILES string of the molecule is Cc1ccc2[nH]c(=S)n(-c3ccc(C(F)(F)F)cc3)c(=O)c2c1. The van der Waals surface area contributed by atoms with Gasteiger partial charge >= 0.3 is 6.18 Å². The smallest absolute Gasteiger partial charge is 0.331 e. The van der Waals surface area contributed by atoms with E-state index in [4.69, 9.17) is 12.2 Å². The molecule has 1 heterocycles. The second-order valence-corrected chi connectivity index (χ2v) is 5.55. The number of hydrogen-bond donors (Lipinski definition) is 1. The zero-order valence-electron chi connectivity index (χ0n) is 11.9. The van der Waals surface area contributed by atoms with Crippen LogP contribution in [0.25, 0.3) is 16.6 Å². The topological polar surface area (TPSA) is 37.8 Å². The highest BCUT2D eigenvalue weighted by Crippen LogP contribution is 2.29. The van der Waals surface area contributed by atoms with E-state index in [9.17, 15) is 18.0 Å². The summed E-state index contributed by atoms with van der Waals surface area (Å²) in [4.78, 5) is 15.6. The van der Waals surface area contributed by atoms with E-state index in [0.717, 1.165) is 17.7 Å². The van der Waals surface area contributed by atoms with E-state index in [1.165, 1.54) is 16.7 Å². The maximum atomic E-state index is 12.6. The van der Waals surface area contributed by atoms with Gasteiger partial charge in [-0.2, -0.15) is 13.2 Å². The number of nitrogens with zero attached hydrogens (tertiary/aromatic N) is 1. The zero-order valence-corrected chi connectivity index (χ0v) is 12.8. The number of alkyl halides is 3. The molecule has 0 unspecified atom stereocenters. The van der Waals surface area contributed by atoms with E-state index in [-0.39, 0.29) is 16.0 Å². The molecule has 0 saturated carbocycles. The van der Waals surface area contributed by atoms with E-state index in [1.807, 2.05) is 13.0 Å². The first-order valence-electron chi connectivity index (χ1n) is 6.71. The Balaban J connectivity index is 2.24. The number of aromatic nitrogens is 2. The molecular formula is C16H11F3N2OS. The summed E-state index contributed by atoms with van der Waals surface area (Å²) in [5.74, 6) is 0. The molecule has 7 heteroatoms. The van der Waals surface area contributed by atoms with Gasteiger partial charge in [-0.3, -0.25) is 9.36 Å². The number of halogens is 3. The van der Waals surface area contributed by atoms with Crippen LogP contribution in [0.4, 0.5) is 13.2 Å². The van der Waals surface area contributed by atoms with Crippen LogP contribution < -0.4 is 5.56 Å². The summed E-state index contributed by atoms with van der Waals surface area (Å²) >= 11 is 5.17. The van der Waals surface area contributed by atoms with Gasteiger partial charge in [0.1, 0.15) is 0 Å². The van der Waals surface area contributed by atoms with Gasteiger partial charge in [0, 0.05) is 0 Å². The number of benzene rings is 2. The molecule has 0 fully saturated rings. The van der Waals surface area contributed by atoms with Crippen molar-refractivity contribution in [2.24, 2.45) is 0 Å². The number of aryl methyl sites for hydroxylation is 1. The van der Waals surface area contributed by atoms with Crippen LogP contribution in [0.1, 0.15) is 11.1 Å². The molecule has 0 bridgehead atoms. The number of fused-ring (bicyclic) bond motifs is 1. The third kappa shape index (κ3) is 2.79. The van der Waals surface area contributed by atoms with E-state index in [0.29, 0.717) is 10.9 Å². The molecule has 3 rings (SSSR count). The maximum absolute atomic E-state index is 12.6. The first-order valence-corrected chi connectivity index (χ1v) is 7.11. The van der Waals surface area contributed by atoms with E-state index in [1.54, 1.807) is 12.1 Å². The molecule has 1 aromatic heterocycles. The van der Waals surface area contributed by atoms with Gasteiger partial charge < -0.3 is 4.98 Å². The minimum absolute atomic E-state index is 0.131. The molecule has 3 aromatic rings. The van der Waals surface area contributed by atoms with Crippen LogP contribution in [-0.4, -0.2) is 9.55 Å². The molecule has 0 radical (unpaired) electrons. The fourth-order valence-corrected chi connectivity index (χ4v) is 2.66. The molecule has 0 spiro atoms. The third-order valence-electron chi connectivity index (χ3n) is 3.51. The van der Waals surface area contributed by atoms with Gasteiger partial charge in [0.15, 0.2) is 4.77 Å². The molecule has 0 aliphatic rings. The van der Waals surface area contributed by atoms with Crippen molar-refractivity contribution in [3.63, 3.8) is 0 Å². The first-order chi connectivity index (χ1) is 10.8. The van der Waals surface area contributed by atoms with Crippen LogP contribution in [0, 0.1) is 11.7 Å². The van der Waals surface area contributed by atoms with E-state index in [2.05, 4.69) is 4.98 Å². The highest BCUT2D eigenvalue weighted by Gasteiger charge is 2.30. The third-order valence-corrected chi connectivity index (χ3v) is 3.79. The van der Waals surface area contributed by atoms with Crippen molar-refractivity contribution in [3.05, 3.63) is 68.7 Å². The summed E-state index contributed by atoms with van der Waals surface area (Å²) in [6.07, 6.45) is -4.42. The Labute approximate surface area is 134 Å². The molecule has 0 aliphatic heterocycles. The van der Waals surface area contributed by atoms with Gasteiger partial charge in [-0.25, -0.2) is 0 Å². The minimum Gasteiger partial charge on any atom is -0.331 e. The first kappa shape index (κ1) is 15.5. The molecule has 0 aliphatic carbocycles. The van der Waals surface area contributed by atoms with Crippen molar-refractivity contribution >= 4 is 23.1 Å². The lowest BCUT2D eigenvalue weighted by Crippen LogP contribution is -2.20. The molecule has 0 saturated heterocycles. The minimum atomic E-state index is -4.42. The number of nitrogens with one attached hydrogen (secondary N) is 1. The zero-order chi connectivity index (χ0) is 16.8. The van der Waals surface area contributed by atoms with Crippen molar-refractivity contribution in [3.8, 4) is 5.69 Å². The van der Waals surface area contributed by atoms with Gasteiger partial charge in [-0.1, -0.05) is 11.6 Å². The molecule has 2 aromatic carbocycles. The monoisotopic (exact) mass is 336 g/mol. The maximum Gasteiger partial charge on any atom is 0.416 e. The van der Waals surface area contributed by atoms with Crippen molar-refractivity contribution in [1.82, 2.24) is 9.55 Å². The van der Waals surface area contributed by atoms with Gasteiger partial charge in [0.2, 0.25) is 0 Å². The van der Waals surface area contributed by atoms with Gasteiger partial charge in [-0.05, 0) is 55.5 Å². The Kier molecular flexibility index (Phi) is 3.60. The van der Waals surface area contributed by atoms with Crippen LogP contribution >= 0.6 is 12.2 Å². The highest BCUT2D eigenvalue weighted by atomic mass is 32.1. The second kappa shape index (κ2) is 5.34. The van der Waals surface area contributed by atoms with Crippen LogP contribution in [0.15, 0.2) is 47.3 Å².